The third kappa shape index (κ3) is 5.83. The van der Waals surface area contributed by atoms with Crippen LogP contribution in [0.5, 0.6) is 0 Å². The lowest BCUT2D eigenvalue weighted by Gasteiger charge is -2.26. The van der Waals surface area contributed by atoms with E-state index in [1.54, 1.807) is 0 Å². The molecule has 1 saturated heterocycles. The van der Waals surface area contributed by atoms with Gasteiger partial charge in [0.1, 0.15) is 0 Å². The molecule has 1 rings (SSSR count). The van der Waals surface area contributed by atoms with E-state index in [0.29, 0.717) is 6.54 Å². The fourth-order valence-electron chi connectivity index (χ4n) is 2.35. The van der Waals surface area contributed by atoms with Crippen LogP contribution >= 0.6 is 0 Å². The number of carbonyl (C=O) groups excluding carboxylic acids is 1. The van der Waals surface area contributed by atoms with E-state index in [-0.39, 0.29) is 24.0 Å². The minimum Gasteiger partial charge on any atom is -0.396 e. The molecular weight excluding hydrogens is 228 g/mol. The van der Waals surface area contributed by atoms with E-state index < -0.39 is 0 Å². The number of rotatable bonds is 6. The highest BCUT2D eigenvalue weighted by molar-refractivity contribution is 5.81. The van der Waals surface area contributed by atoms with Crippen LogP contribution in [0.4, 0.5) is 0 Å². The number of aliphatic hydroxyl groups excluding tert-OH is 1. The molecule has 4 nitrogen and oxygen atoms in total. The molecule has 1 unspecified atom stereocenters. The number of aliphatic hydroxyl groups is 1. The Bertz CT molecular complexity index is 246. The Morgan fingerprint density at radius 2 is 2.17 bits per heavy atom. The Morgan fingerprint density at radius 1 is 1.39 bits per heavy atom. The van der Waals surface area contributed by atoms with Crippen LogP contribution in [0, 0.1) is 5.41 Å². The molecule has 1 aliphatic heterocycles. The van der Waals surface area contributed by atoms with Gasteiger partial charge in [-0.15, -0.1) is 0 Å². The van der Waals surface area contributed by atoms with E-state index in [1.165, 1.54) is 12.8 Å². The molecule has 0 aliphatic carbocycles. The second-order valence-electron chi connectivity index (χ2n) is 6.07. The second-order valence-corrected chi connectivity index (χ2v) is 6.07. The van der Waals surface area contributed by atoms with Gasteiger partial charge in [-0.25, -0.2) is 0 Å². The molecule has 1 fully saturated rings. The Hall–Kier alpha value is -0.610. The van der Waals surface area contributed by atoms with Gasteiger partial charge in [0.05, 0.1) is 6.04 Å². The summed E-state index contributed by atoms with van der Waals surface area (Å²) in [4.78, 5) is 12.0. The highest BCUT2D eigenvalue weighted by Crippen LogP contribution is 2.20. The molecule has 0 aromatic carbocycles. The maximum atomic E-state index is 12.0. The van der Waals surface area contributed by atoms with Crippen molar-refractivity contribution in [3.8, 4) is 0 Å². The number of nitrogens with one attached hydrogen (secondary N) is 2. The summed E-state index contributed by atoms with van der Waals surface area (Å²) in [6.45, 7) is 6.12. The first kappa shape index (κ1) is 15.4. The lowest BCUT2D eigenvalue weighted by Crippen LogP contribution is -2.46. The number of hydrogen-bond acceptors (Lipinski definition) is 3. The van der Waals surface area contributed by atoms with Crippen molar-refractivity contribution < 1.29 is 9.90 Å². The van der Waals surface area contributed by atoms with E-state index in [2.05, 4.69) is 24.5 Å². The van der Waals surface area contributed by atoms with E-state index >= 15 is 0 Å². The van der Waals surface area contributed by atoms with E-state index in [9.17, 15) is 4.79 Å². The van der Waals surface area contributed by atoms with E-state index in [0.717, 1.165) is 32.2 Å². The molecule has 3 N–H and O–H groups in total. The van der Waals surface area contributed by atoms with Gasteiger partial charge in [0.2, 0.25) is 5.91 Å². The molecular formula is C14H28N2O2. The van der Waals surface area contributed by atoms with Crippen molar-refractivity contribution in [1.29, 1.82) is 0 Å². The molecule has 0 bridgehead atoms. The largest absolute Gasteiger partial charge is 0.396 e. The molecule has 1 atom stereocenters. The van der Waals surface area contributed by atoms with Crippen molar-refractivity contribution in [2.45, 2.75) is 58.4 Å². The van der Waals surface area contributed by atoms with Gasteiger partial charge >= 0.3 is 0 Å². The predicted octanol–water partition coefficient (Wildman–Crippen LogP) is 1.43. The van der Waals surface area contributed by atoms with Crippen LogP contribution in [0.3, 0.4) is 0 Å². The van der Waals surface area contributed by atoms with Crippen molar-refractivity contribution in [3.63, 3.8) is 0 Å². The maximum Gasteiger partial charge on any atom is 0.237 e. The number of amides is 1. The summed E-state index contributed by atoms with van der Waals surface area (Å²) in [5.41, 5.74) is 0.0587. The standard InChI is InChI=1S/C14H28N2O2/c1-14(2,8-6-10-17)11-16-13(18)12-7-4-3-5-9-15-12/h12,15,17H,3-11H2,1-2H3,(H,16,18). The Morgan fingerprint density at radius 3 is 2.89 bits per heavy atom. The highest BCUT2D eigenvalue weighted by Gasteiger charge is 2.23. The summed E-state index contributed by atoms with van der Waals surface area (Å²) in [7, 11) is 0. The number of carbonyl (C=O) groups is 1. The third-order valence-corrected chi connectivity index (χ3v) is 3.63. The average Bonchev–Trinajstić information content (AvgIpc) is 2.62. The molecule has 0 saturated carbocycles. The summed E-state index contributed by atoms with van der Waals surface area (Å²) in [5.74, 6) is 0.133. The van der Waals surface area contributed by atoms with Crippen molar-refractivity contribution in [1.82, 2.24) is 10.6 Å². The molecule has 0 aromatic heterocycles. The van der Waals surface area contributed by atoms with Gasteiger partial charge in [-0.2, -0.15) is 0 Å². The minimum atomic E-state index is -0.0128. The molecule has 1 aliphatic rings. The Kier molecular flexibility index (Phi) is 6.65. The van der Waals surface area contributed by atoms with Gasteiger partial charge in [0.15, 0.2) is 0 Å². The fourth-order valence-corrected chi connectivity index (χ4v) is 2.35. The van der Waals surface area contributed by atoms with Gasteiger partial charge in [-0.3, -0.25) is 4.79 Å². The molecule has 18 heavy (non-hydrogen) atoms. The van der Waals surface area contributed by atoms with Gasteiger partial charge in [-0.05, 0) is 37.6 Å². The summed E-state index contributed by atoms with van der Waals surface area (Å²) in [5, 5.41) is 15.2. The summed E-state index contributed by atoms with van der Waals surface area (Å²) < 4.78 is 0. The molecule has 0 spiro atoms. The third-order valence-electron chi connectivity index (χ3n) is 3.63. The van der Waals surface area contributed by atoms with Crippen LogP contribution in [0.1, 0.15) is 52.4 Å². The van der Waals surface area contributed by atoms with Crippen LogP contribution < -0.4 is 10.6 Å². The smallest absolute Gasteiger partial charge is 0.237 e. The normalized spacial score (nSPS) is 21.4. The Labute approximate surface area is 111 Å². The molecule has 0 aromatic rings. The van der Waals surface area contributed by atoms with Gasteiger partial charge in [0, 0.05) is 13.2 Å². The van der Waals surface area contributed by atoms with E-state index in [4.69, 9.17) is 5.11 Å². The van der Waals surface area contributed by atoms with Crippen LogP contribution in [0.15, 0.2) is 0 Å². The summed E-state index contributed by atoms with van der Waals surface area (Å²) in [6.07, 6.45) is 6.21. The zero-order chi connectivity index (χ0) is 13.4. The van der Waals surface area contributed by atoms with Crippen molar-refractivity contribution >= 4 is 5.91 Å². The maximum absolute atomic E-state index is 12.0. The van der Waals surface area contributed by atoms with Gasteiger partial charge in [-0.1, -0.05) is 26.7 Å². The van der Waals surface area contributed by atoms with Gasteiger partial charge < -0.3 is 15.7 Å². The first-order valence-corrected chi connectivity index (χ1v) is 7.17. The van der Waals surface area contributed by atoms with Crippen LogP contribution in [0.2, 0.25) is 0 Å². The zero-order valence-corrected chi connectivity index (χ0v) is 11.8. The first-order chi connectivity index (χ1) is 8.55. The molecule has 1 heterocycles. The highest BCUT2D eigenvalue weighted by atomic mass is 16.2. The fraction of sp³-hybridized carbons (Fsp3) is 0.929. The van der Waals surface area contributed by atoms with Gasteiger partial charge in [0.25, 0.3) is 0 Å². The first-order valence-electron chi connectivity index (χ1n) is 7.17. The van der Waals surface area contributed by atoms with Crippen molar-refractivity contribution in [2.24, 2.45) is 5.41 Å². The lowest BCUT2D eigenvalue weighted by molar-refractivity contribution is -0.123. The quantitative estimate of drug-likeness (QED) is 0.674. The Balaban J connectivity index is 2.30. The topological polar surface area (TPSA) is 61.4 Å². The van der Waals surface area contributed by atoms with Crippen LogP contribution in [0.25, 0.3) is 0 Å². The molecule has 106 valence electrons. The lowest BCUT2D eigenvalue weighted by atomic mass is 9.88. The van der Waals surface area contributed by atoms with Crippen molar-refractivity contribution in [2.75, 3.05) is 19.7 Å². The number of hydrogen-bond donors (Lipinski definition) is 3. The molecule has 0 radical (unpaired) electrons. The van der Waals surface area contributed by atoms with Crippen molar-refractivity contribution in [3.05, 3.63) is 0 Å². The molecule has 4 heteroatoms. The SMILES string of the molecule is CC(C)(CCCO)CNC(=O)C1CCCCCN1. The van der Waals surface area contributed by atoms with Crippen LogP contribution in [-0.2, 0) is 4.79 Å². The van der Waals surface area contributed by atoms with E-state index in [1.807, 2.05) is 0 Å². The van der Waals surface area contributed by atoms with Crippen LogP contribution in [-0.4, -0.2) is 36.8 Å². The predicted molar refractivity (Wildman–Crippen MR) is 73.4 cm³/mol. The summed E-state index contributed by atoms with van der Waals surface area (Å²) >= 11 is 0. The average molecular weight is 256 g/mol. The second kappa shape index (κ2) is 7.74. The summed E-state index contributed by atoms with van der Waals surface area (Å²) in [6, 6.07) is -0.0128. The minimum absolute atomic E-state index is 0.0128. The zero-order valence-electron chi connectivity index (χ0n) is 11.8. The molecule has 1 amide bonds. The monoisotopic (exact) mass is 256 g/mol.